The number of nitrogens with one attached hydrogen (secondary N) is 2. The second kappa shape index (κ2) is 11.0. The standard InChI is InChI=1S/C20H34N4OS.HI/c1-4-20(8-5-9-20)15-23-19(21-3)22-14-17(18-7-6-16(2)26-18)24-10-12-25-13-11-24;/h6-7,17H,4-5,8-15H2,1-3H3,(H2,21,22,23);1H. The number of morpholine rings is 1. The molecule has 1 unspecified atom stereocenters. The van der Waals surface area contributed by atoms with Crippen molar-refractivity contribution in [1.29, 1.82) is 0 Å². The number of aliphatic imine (C=N–C) groups is 1. The van der Waals surface area contributed by atoms with Gasteiger partial charge < -0.3 is 15.4 Å². The van der Waals surface area contributed by atoms with Gasteiger partial charge in [0.05, 0.1) is 19.3 Å². The van der Waals surface area contributed by atoms with E-state index in [1.807, 2.05) is 18.4 Å². The van der Waals surface area contributed by atoms with E-state index in [-0.39, 0.29) is 24.0 Å². The van der Waals surface area contributed by atoms with E-state index in [4.69, 9.17) is 4.74 Å². The Morgan fingerprint density at radius 1 is 1.30 bits per heavy atom. The minimum atomic E-state index is 0. The van der Waals surface area contributed by atoms with Crippen LogP contribution < -0.4 is 10.6 Å². The molecule has 2 fully saturated rings. The first-order valence-corrected chi connectivity index (χ1v) is 10.8. The largest absolute Gasteiger partial charge is 0.379 e. The summed E-state index contributed by atoms with van der Waals surface area (Å²) in [6.07, 6.45) is 5.32. The Labute approximate surface area is 185 Å². The lowest BCUT2D eigenvalue weighted by atomic mass is 9.67. The smallest absolute Gasteiger partial charge is 0.191 e. The highest BCUT2D eigenvalue weighted by atomic mass is 127. The second-order valence-corrected chi connectivity index (χ2v) is 8.95. The van der Waals surface area contributed by atoms with Crippen molar-refractivity contribution in [3.8, 4) is 0 Å². The SMILES string of the molecule is CCC1(CNC(=NC)NCC(c2ccc(C)s2)N2CCOCC2)CCC1.I. The fourth-order valence-electron chi connectivity index (χ4n) is 3.95. The monoisotopic (exact) mass is 506 g/mol. The van der Waals surface area contributed by atoms with E-state index in [9.17, 15) is 0 Å². The number of thiophene rings is 1. The highest BCUT2D eigenvalue weighted by molar-refractivity contribution is 14.0. The van der Waals surface area contributed by atoms with Crippen molar-refractivity contribution in [3.05, 3.63) is 21.9 Å². The van der Waals surface area contributed by atoms with Crippen molar-refractivity contribution >= 4 is 41.3 Å². The summed E-state index contributed by atoms with van der Waals surface area (Å²) in [5.74, 6) is 0.927. The van der Waals surface area contributed by atoms with Gasteiger partial charge in [0.15, 0.2) is 5.96 Å². The van der Waals surface area contributed by atoms with Crippen molar-refractivity contribution in [2.24, 2.45) is 10.4 Å². The summed E-state index contributed by atoms with van der Waals surface area (Å²) < 4.78 is 5.55. The molecule has 0 amide bonds. The van der Waals surface area contributed by atoms with Gasteiger partial charge in [0.1, 0.15) is 0 Å². The van der Waals surface area contributed by atoms with Crippen LogP contribution in [-0.4, -0.2) is 57.3 Å². The van der Waals surface area contributed by atoms with E-state index in [1.54, 1.807) is 0 Å². The van der Waals surface area contributed by atoms with Crippen LogP contribution in [0.15, 0.2) is 17.1 Å². The van der Waals surface area contributed by atoms with Gasteiger partial charge in [0.2, 0.25) is 0 Å². The third kappa shape index (κ3) is 6.05. The maximum absolute atomic E-state index is 5.55. The number of guanidine groups is 1. The fourth-order valence-corrected chi connectivity index (χ4v) is 4.96. The van der Waals surface area contributed by atoms with Gasteiger partial charge in [-0.05, 0) is 43.7 Å². The van der Waals surface area contributed by atoms with Gasteiger partial charge in [0.25, 0.3) is 0 Å². The zero-order valence-corrected chi connectivity index (χ0v) is 20.1. The first-order chi connectivity index (χ1) is 12.7. The van der Waals surface area contributed by atoms with Crippen LogP contribution in [0.25, 0.3) is 0 Å². The maximum atomic E-state index is 5.55. The Hall–Kier alpha value is -0.380. The summed E-state index contributed by atoms with van der Waals surface area (Å²) >= 11 is 1.90. The van der Waals surface area contributed by atoms with E-state index >= 15 is 0 Å². The first kappa shape index (κ1) is 22.9. The minimum absolute atomic E-state index is 0. The molecule has 2 heterocycles. The lowest BCUT2D eigenvalue weighted by Gasteiger charge is -2.41. The van der Waals surface area contributed by atoms with Gasteiger partial charge in [-0.15, -0.1) is 35.3 Å². The highest BCUT2D eigenvalue weighted by Gasteiger charge is 2.35. The van der Waals surface area contributed by atoms with Crippen LogP contribution >= 0.6 is 35.3 Å². The summed E-state index contributed by atoms with van der Waals surface area (Å²) in [5.41, 5.74) is 0.492. The Morgan fingerprint density at radius 3 is 2.56 bits per heavy atom. The summed E-state index contributed by atoms with van der Waals surface area (Å²) in [6.45, 7) is 10.0. The number of ether oxygens (including phenoxy) is 1. The molecule has 154 valence electrons. The van der Waals surface area contributed by atoms with E-state index in [0.29, 0.717) is 11.5 Å². The fraction of sp³-hybridized carbons (Fsp3) is 0.750. The average Bonchev–Trinajstić information content (AvgIpc) is 3.06. The molecular formula is C20H35IN4OS. The zero-order chi connectivity index (χ0) is 18.4. The maximum Gasteiger partial charge on any atom is 0.191 e. The number of nitrogens with zero attached hydrogens (tertiary/aromatic N) is 2. The summed E-state index contributed by atoms with van der Waals surface area (Å²) in [5, 5.41) is 7.16. The molecule has 1 aliphatic heterocycles. The van der Waals surface area contributed by atoms with Gasteiger partial charge in [-0.3, -0.25) is 9.89 Å². The average molecular weight is 506 g/mol. The van der Waals surface area contributed by atoms with Crippen LogP contribution in [0.1, 0.15) is 48.4 Å². The van der Waals surface area contributed by atoms with Crippen LogP contribution in [-0.2, 0) is 4.74 Å². The van der Waals surface area contributed by atoms with E-state index in [2.05, 4.69) is 46.5 Å². The molecule has 1 aromatic rings. The molecule has 1 aromatic heterocycles. The quantitative estimate of drug-likeness (QED) is 0.336. The summed E-state index contributed by atoms with van der Waals surface area (Å²) in [4.78, 5) is 9.79. The number of aryl methyl sites for hydroxylation is 1. The second-order valence-electron chi connectivity index (χ2n) is 7.63. The third-order valence-corrected chi connectivity index (χ3v) is 7.16. The van der Waals surface area contributed by atoms with Crippen molar-refractivity contribution < 1.29 is 4.74 Å². The molecular weight excluding hydrogens is 471 g/mol. The van der Waals surface area contributed by atoms with Crippen LogP contribution in [0.5, 0.6) is 0 Å². The minimum Gasteiger partial charge on any atom is -0.379 e. The Balaban J connectivity index is 0.00000261. The lowest BCUT2D eigenvalue weighted by molar-refractivity contribution is 0.0177. The summed E-state index contributed by atoms with van der Waals surface area (Å²) in [6, 6.07) is 4.88. The third-order valence-electron chi connectivity index (χ3n) is 6.06. The lowest BCUT2D eigenvalue weighted by Crippen LogP contribution is -2.49. The van der Waals surface area contributed by atoms with Crippen LogP contribution in [0.3, 0.4) is 0 Å². The van der Waals surface area contributed by atoms with Gasteiger partial charge >= 0.3 is 0 Å². The van der Waals surface area contributed by atoms with Gasteiger partial charge in [-0.1, -0.05) is 13.3 Å². The zero-order valence-electron chi connectivity index (χ0n) is 16.9. The number of halogens is 1. The Morgan fingerprint density at radius 2 is 2.04 bits per heavy atom. The topological polar surface area (TPSA) is 48.9 Å². The predicted octanol–water partition coefficient (Wildman–Crippen LogP) is 3.79. The van der Waals surface area contributed by atoms with Crippen LogP contribution in [0.4, 0.5) is 0 Å². The molecule has 0 radical (unpaired) electrons. The van der Waals surface area contributed by atoms with Crippen molar-refractivity contribution in [3.63, 3.8) is 0 Å². The van der Waals surface area contributed by atoms with Crippen LogP contribution in [0, 0.1) is 12.3 Å². The van der Waals surface area contributed by atoms with E-state index < -0.39 is 0 Å². The van der Waals surface area contributed by atoms with Crippen molar-refractivity contribution in [2.45, 2.75) is 45.6 Å². The molecule has 3 rings (SSSR count). The van der Waals surface area contributed by atoms with Gasteiger partial charge in [-0.2, -0.15) is 0 Å². The van der Waals surface area contributed by atoms with E-state index in [0.717, 1.165) is 45.4 Å². The first-order valence-electron chi connectivity index (χ1n) is 9.98. The Kier molecular flexibility index (Phi) is 9.31. The number of rotatable bonds is 7. The molecule has 1 saturated carbocycles. The van der Waals surface area contributed by atoms with Crippen molar-refractivity contribution in [1.82, 2.24) is 15.5 Å². The molecule has 1 aliphatic carbocycles. The van der Waals surface area contributed by atoms with Gasteiger partial charge in [0, 0.05) is 43.0 Å². The Bertz CT molecular complexity index is 591. The summed E-state index contributed by atoms with van der Waals surface area (Å²) in [7, 11) is 1.87. The molecule has 7 heteroatoms. The molecule has 0 aromatic carbocycles. The van der Waals surface area contributed by atoms with Crippen LogP contribution in [0.2, 0.25) is 0 Å². The molecule has 1 saturated heterocycles. The highest BCUT2D eigenvalue weighted by Crippen LogP contribution is 2.43. The number of hydrogen-bond acceptors (Lipinski definition) is 4. The van der Waals surface area contributed by atoms with E-state index in [1.165, 1.54) is 35.4 Å². The molecule has 0 spiro atoms. The van der Waals surface area contributed by atoms with Gasteiger partial charge in [-0.25, -0.2) is 0 Å². The van der Waals surface area contributed by atoms with Crippen molar-refractivity contribution in [2.75, 3.05) is 46.4 Å². The predicted molar refractivity (Wildman–Crippen MR) is 126 cm³/mol. The molecule has 27 heavy (non-hydrogen) atoms. The molecule has 2 aliphatic rings. The molecule has 1 atom stereocenters. The molecule has 2 N–H and O–H groups in total. The number of hydrogen-bond donors (Lipinski definition) is 2. The molecule has 0 bridgehead atoms. The molecule has 5 nitrogen and oxygen atoms in total. The normalized spacial score (nSPS) is 21.1.